The molecular formula is C6H9ClO3. The fourth-order valence-corrected chi connectivity index (χ4v) is 0.379. The molecule has 0 aliphatic rings. The van der Waals surface area contributed by atoms with Crippen LogP contribution >= 0.6 is 11.6 Å². The van der Waals surface area contributed by atoms with Crippen LogP contribution in [0.3, 0.4) is 0 Å². The van der Waals surface area contributed by atoms with Crippen molar-refractivity contribution in [3.05, 3.63) is 0 Å². The molecule has 0 saturated heterocycles. The highest BCUT2D eigenvalue weighted by Crippen LogP contribution is 1.86. The minimum absolute atomic E-state index is 0.100. The number of hydrogen-bond acceptors (Lipinski definition) is 3. The van der Waals surface area contributed by atoms with Crippen molar-refractivity contribution < 1.29 is 14.3 Å². The maximum absolute atomic E-state index is 10.4. The van der Waals surface area contributed by atoms with Crippen LogP contribution in [0.4, 0.5) is 0 Å². The molecule has 10 heavy (non-hydrogen) atoms. The van der Waals surface area contributed by atoms with Gasteiger partial charge in [-0.1, -0.05) is 6.92 Å². The van der Waals surface area contributed by atoms with E-state index >= 15 is 0 Å². The van der Waals surface area contributed by atoms with E-state index in [-0.39, 0.29) is 30.7 Å². The van der Waals surface area contributed by atoms with Gasteiger partial charge in [-0.3, -0.25) is 9.59 Å². The van der Waals surface area contributed by atoms with E-state index in [0.717, 1.165) is 0 Å². The minimum Gasteiger partial charge on any atom is -0.458 e. The van der Waals surface area contributed by atoms with Gasteiger partial charge in [-0.2, -0.15) is 0 Å². The lowest BCUT2D eigenvalue weighted by molar-refractivity contribution is -0.147. The Labute approximate surface area is 64.3 Å². The lowest BCUT2D eigenvalue weighted by atomic mass is 10.4. The van der Waals surface area contributed by atoms with Crippen molar-refractivity contribution in [2.24, 2.45) is 0 Å². The number of alkyl halides is 1. The molecule has 0 unspecified atom stereocenters. The van der Waals surface area contributed by atoms with Crippen LogP contribution in [0.15, 0.2) is 0 Å². The number of esters is 1. The zero-order valence-corrected chi connectivity index (χ0v) is 6.48. The van der Waals surface area contributed by atoms with Crippen molar-refractivity contribution in [1.82, 2.24) is 0 Å². The first-order chi connectivity index (χ1) is 4.70. The topological polar surface area (TPSA) is 43.4 Å². The highest BCUT2D eigenvalue weighted by Gasteiger charge is 2.02. The molecule has 0 aromatic rings. The molecule has 3 nitrogen and oxygen atoms in total. The minimum atomic E-state index is -0.376. The molecule has 0 bridgehead atoms. The first-order valence-electron chi connectivity index (χ1n) is 2.94. The second-order valence-electron chi connectivity index (χ2n) is 1.69. The molecule has 0 fully saturated rings. The number of ketones is 1. The Morgan fingerprint density at radius 1 is 1.50 bits per heavy atom. The van der Waals surface area contributed by atoms with E-state index < -0.39 is 0 Å². The molecule has 58 valence electrons. The number of ether oxygens (including phenoxy) is 1. The van der Waals surface area contributed by atoms with Gasteiger partial charge < -0.3 is 4.74 Å². The predicted octanol–water partition coefficient (Wildman–Crippen LogP) is 0.748. The number of Topliss-reactive ketones (excluding diaryl/α,β-unsaturated/α-hetero) is 1. The summed E-state index contributed by atoms with van der Waals surface area (Å²) < 4.78 is 4.47. The zero-order valence-electron chi connectivity index (χ0n) is 5.72. The number of halogens is 1. The van der Waals surface area contributed by atoms with E-state index in [2.05, 4.69) is 4.74 Å². The molecule has 0 amide bonds. The van der Waals surface area contributed by atoms with Crippen molar-refractivity contribution in [3.8, 4) is 0 Å². The van der Waals surface area contributed by atoms with Crippen LogP contribution in [0.1, 0.15) is 13.3 Å². The molecule has 0 aromatic carbocycles. The molecule has 0 rings (SSSR count). The van der Waals surface area contributed by atoms with Gasteiger partial charge in [-0.25, -0.2) is 0 Å². The van der Waals surface area contributed by atoms with E-state index in [0.29, 0.717) is 0 Å². The van der Waals surface area contributed by atoms with Crippen LogP contribution in [0.5, 0.6) is 0 Å². The van der Waals surface area contributed by atoms with Gasteiger partial charge in [0.1, 0.15) is 0 Å². The highest BCUT2D eigenvalue weighted by atomic mass is 35.5. The third-order valence-electron chi connectivity index (χ3n) is 0.832. The number of rotatable bonds is 4. The van der Waals surface area contributed by atoms with E-state index in [1.54, 1.807) is 6.92 Å². The summed E-state index contributed by atoms with van der Waals surface area (Å²) in [5, 5.41) is 0. The van der Waals surface area contributed by atoms with E-state index in [1.807, 2.05) is 0 Å². The Kier molecular flexibility index (Phi) is 4.94. The predicted molar refractivity (Wildman–Crippen MR) is 37.0 cm³/mol. The van der Waals surface area contributed by atoms with Crippen molar-refractivity contribution in [2.45, 2.75) is 13.3 Å². The normalized spacial score (nSPS) is 9.00. The van der Waals surface area contributed by atoms with Crippen molar-refractivity contribution >= 4 is 23.4 Å². The molecule has 0 radical (unpaired) electrons. The Balaban J connectivity index is 3.35. The molecule has 0 aromatic heterocycles. The zero-order chi connectivity index (χ0) is 7.98. The summed E-state index contributed by atoms with van der Waals surface area (Å²) in [6.07, 6.45) is 0.287. The summed E-state index contributed by atoms with van der Waals surface area (Å²) in [6, 6.07) is 0. The fourth-order valence-electron chi connectivity index (χ4n) is 0.302. The fraction of sp³-hybridized carbons (Fsp3) is 0.667. The first kappa shape index (κ1) is 9.43. The monoisotopic (exact) mass is 164 g/mol. The second kappa shape index (κ2) is 5.23. The van der Waals surface area contributed by atoms with Gasteiger partial charge in [0.05, 0.1) is 5.88 Å². The van der Waals surface area contributed by atoms with Gasteiger partial charge in [-0.15, -0.1) is 11.6 Å². The van der Waals surface area contributed by atoms with Gasteiger partial charge in [0.25, 0.3) is 0 Å². The molecule has 0 aliphatic heterocycles. The standard InChI is InChI=1S/C6H9ClO3/c1-2-6(9)10-4-5(8)3-7/h2-4H2,1H3. The Hall–Kier alpha value is -0.570. The summed E-state index contributed by atoms with van der Waals surface area (Å²) in [5.41, 5.74) is 0. The van der Waals surface area contributed by atoms with Crippen LogP contribution in [0.2, 0.25) is 0 Å². The van der Waals surface area contributed by atoms with Crippen LogP contribution in [-0.2, 0) is 14.3 Å². The van der Waals surface area contributed by atoms with Crippen molar-refractivity contribution in [3.63, 3.8) is 0 Å². The van der Waals surface area contributed by atoms with Crippen LogP contribution in [-0.4, -0.2) is 24.2 Å². The Bertz CT molecular complexity index is 117. The molecule has 0 aliphatic carbocycles. The van der Waals surface area contributed by atoms with Crippen molar-refractivity contribution in [1.29, 1.82) is 0 Å². The number of carbonyl (C=O) groups excluding carboxylic acids is 2. The van der Waals surface area contributed by atoms with Gasteiger partial charge in [0.15, 0.2) is 12.4 Å². The second-order valence-corrected chi connectivity index (χ2v) is 1.95. The smallest absolute Gasteiger partial charge is 0.305 e. The molecule has 4 heteroatoms. The third kappa shape index (κ3) is 4.32. The summed E-state index contributed by atoms with van der Waals surface area (Å²) in [5.74, 6) is -0.751. The van der Waals surface area contributed by atoms with Gasteiger partial charge >= 0.3 is 5.97 Å². The van der Waals surface area contributed by atoms with E-state index in [9.17, 15) is 9.59 Å². The van der Waals surface area contributed by atoms with E-state index in [4.69, 9.17) is 11.6 Å². The van der Waals surface area contributed by atoms with Crippen LogP contribution < -0.4 is 0 Å². The van der Waals surface area contributed by atoms with Gasteiger partial charge in [-0.05, 0) is 0 Å². The maximum Gasteiger partial charge on any atom is 0.305 e. The van der Waals surface area contributed by atoms with E-state index in [1.165, 1.54) is 0 Å². The summed E-state index contributed by atoms with van der Waals surface area (Å²) in [7, 11) is 0. The molecule has 0 spiro atoms. The lowest BCUT2D eigenvalue weighted by Gasteiger charge is -1.98. The van der Waals surface area contributed by atoms with Gasteiger partial charge in [0, 0.05) is 6.42 Å². The molecule has 0 heterocycles. The largest absolute Gasteiger partial charge is 0.458 e. The van der Waals surface area contributed by atoms with Gasteiger partial charge in [0.2, 0.25) is 0 Å². The summed E-state index contributed by atoms with van der Waals surface area (Å²) >= 11 is 5.14. The Morgan fingerprint density at radius 2 is 2.10 bits per heavy atom. The molecular weight excluding hydrogens is 156 g/mol. The quantitative estimate of drug-likeness (QED) is 0.455. The molecule has 0 atom stereocenters. The average molecular weight is 165 g/mol. The molecule has 0 saturated carbocycles. The lowest BCUT2D eigenvalue weighted by Crippen LogP contribution is -2.13. The number of hydrogen-bond donors (Lipinski definition) is 0. The Morgan fingerprint density at radius 3 is 2.50 bits per heavy atom. The SMILES string of the molecule is CCC(=O)OCC(=O)CCl. The third-order valence-corrected chi connectivity index (χ3v) is 1.13. The average Bonchev–Trinajstić information content (AvgIpc) is 1.99. The number of carbonyl (C=O) groups is 2. The summed E-state index contributed by atoms with van der Waals surface area (Å²) in [4.78, 5) is 20.8. The van der Waals surface area contributed by atoms with Crippen molar-refractivity contribution in [2.75, 3.05) is 12.5 Å². The van der Waals surface area contributed by atoms with Crippen LogP contribution in [0.25, 0.3) is 0 Å². The van der Waals surface area contributed by atoms with Crippen LogP contribution in [0, 0.1) is 0 Å². The molecule has 0 N–H and O–H groups in total. The highest BCUT2D eigenvalue weighted by molar-refractivity contribution is 6.27. The maximum atomic E-state index is 10.4. The summed E-state index contributed by atoms with van der Waals surface area (Å²) in [6.45, 7) is 1.46. The first-order valence-corrected chi connectivity index (χ1v) is 3.47.